The zero-order valence-electron chi connectivity index (χ0n) is 13.1. The van der Waals surface area contributed by atoms with Crippen molar-refractivity contribution in [2.75, 3.05) is 17.7 Å². The molecule has 0 bridgehead atoms. The minimum absolute atomic E-state index is 0.278. The highest BCUT2D eigenvalue weighted by atomic mass is 79.9. The Morgan fingerprint density at radius 1 is 1.10 bits per heavy atom. The predicted octanol–water partition coefficient (Wildman–Crippen LogP) is 4.76. The van der Waals surface area contributed by atoms with Crippen LogP contribution < -0.4 is 10.6 Å². The van der Waals surface area contributed by atoms with E-state index in [9.17, 15) is 0 Å². The van der Waals surface area contributed by atoms with Crippen LogP contribution in [-0.2, 0) is 0 Å². The van der Waals surface area contributed by atoms with Gasteiger partial charge in [-0.15, -0.1) is 0 Å². The van der Waals surface area contributed by atoms with E-state index in [1.54, 1.807) is 0 Å². The quantitative estimate of drug-likeness (QED) is 0.835. The molecule has 0 amide bonds. The summed E-state index contributed by atoms with van der Waals surface area (Å²) in [4.78, 5) is 9.21. The van der Waals surface area contributed by atoms with Crippen LogP contribution >= 0.6 is 15.9 Å². The molecule has 1 aromatic heterocycles. The van der Waals surface area contributed by atoms with Crippen molar-refractivity contribution in [1.29, 1.82) is 0 Å². The molecule has 0 aliphatic carbocycles. The Labute approximate surface area is 134 Å². The lowest BCUT2D eigenvalue weighted by atomic mass is 10.2. The molecule has 0 unspecified atom stereocenters. The molecule has 21 heavy (non-hydrogen) atoms. The van der Waals surface area contributed by atoms with Gasteiger partial charge in [-0.3, -0.25) is 0 Å². The summed E-state index contributed by atoms with van der Waals surface area (Å²) < 4.78 is 1.03. The van der Waals surface area contributed by atoms with Gasteiger partial charge in [0.05, 0.1) is 5.69 Å². The molecule has 0 aliphatic heterocycles. The normalized spacial score (nSPS) is 10.8. The van der Waals surface area contributed by atoms with Crippen LogP contribution in [0.2, 0.25) is 0 Å². The summed E-state index contributed by atoms with van der Waals surface area (Å²) in [7, 11) is 1.88. The second-order valence-corrected chi connectivity index (χ2v) is 6.27. The van der Waals surface area contributed by atoms with Gasteiger partial charge in [0.1, 0.15) is 17.5 Å². The van der Waals surface area contributed by atoms with Crippen molar-refractivity contribution >= 4 is 33.3 Å². The number of nitrogens with zero attached hydrogens (tertiary/aromatic N) is 2. The molecule has 5 heteroatoms. The first-order valence-electron chi connectivity index (χ1n) is 7.01. The van der Waals surface area contributed by atoms with Crippen LogP contribution in [0, 0.1) is 13.8 Å². The first-order valence-corrected chi connectivity index (χ1v) is 7.81. The topological polar surface area (TPSA) is 49.8 Å². The van der Waals surface area contributed by atoms with Crippen molar-refractivity contribution in [3.63, 3.8) is 0 Å². The van der Waals surface area contributed by atoms with Crippen LogP contribution in [0.4, 0.5) is 17.3 Å². The van der Waals surface area contributed by atoms with Gasteiger partial charge in [-0.25, -0.2) is 9.97 Å². The lowest BCUT2D eigenvalue weighted by Crippen LogP contribution is -2.08. The monoisotopic (exact) mass is 348 g/mol. The SMILES string of the molecule is CNc1nc(C(C)C)nc(Nc2ccc(C)cc2Br)c1C. The van der Waals surface area contributed by atoms with Crippen LogP contribution in [0.5, 0.6) is 0 Å². The Balaban J connectivity index is 2.45. The fourth-order valence-corrected chi connectivity index (χ4v) is 2.60. The molecule has 2 aromatic rings. The molecule has 0 fully saturated rings. The summed E-state index contributed by atoms with van der Waals surface area (Å²) in [6.45, 7) is 8.27. The van der Waals surface area contributed by atoms with Crippen molar-refractivity contribution in [3.05, 3.63) is 39.6 Å². The predicted molar refractivity (Wildman–Crippen MR) is 92.6 cm³/mol. The number of anilines is 3. The molecule has 2 rings (SSSR count). The van der Waals surface area contributed by atoms with Crippen LogP contribution in [-0.4, -0.2) is 17.0 Å². The van der Waals surface area contributed by atoms with E-state index >= 15 is 0 Å². The molecule has 0 saturated carbocycles. The summed E-state index contributed by atoms with van der Waals surface area (Å²) in [5.74, 6) is 2.80. The fraction of sp³-hybridized carbons (Fsp3) is 0.375. The minimum Gasteiger partial charge on any atom is -0.373 e. The highest BCUT2D eigenvalue weighted by molar-refractivity contribution is 9.10. The van der Waals surface area contributed by atoms with Gasteiger partial charge in [-0.05, 0) is 47.5 Å². The number of hydrogen-bond donors (Lipinski definition) is 2. The first-order chi connectivity index (χ1) is 9.92. The molecule has 1 heterocycles. The maximum atomic E-state index is 4.66. The maximum Gasteiger partial charge on any atom is 0.139 e. The average Bonchev–Trinajstić information content (AvgIpc) is 2.43. The summed E-state index contributed by atoms with van der Waals surface area (Å²) in [5.41, 5.74) is 3.22. The van der Waals surface area contributed by atoms with Gasteiger partial charge in [-0.2, -0.15) is 0 Å². The summed E-state index contributed by atoms with van der Waals surface area (Å²) >= 11 is 3.59. The number of aromatic nitrogens is 2. The van der Waals surface area contributed by atoms with Gasteiger partial charge in [0.2, 0.25) is 0 Å². The highest BCUT2D eigenvalue weighted by Gasteiger charge is 2.13. The first kappa shape index (κ1) is 15.8. The second kappa shape index (κ2) is 6.43. The van der Waals surface area contributed by atoms with Crippen LogP contribution in [0.3, 0.4) is 0 Å². The number of benzene rings is 1. The van der Waals surface area contributed by atoms with Crippen LogP contribution in [0.15, 0.2) is 22.7 Å². The van der Waals surface area contributed by atoms with Gasteiger partial charge < -0.3 is 10.6 Å². The number of nitrogens with one attached hydrogen (secondary N) is 2. The Kier molecular flexibility index (Phi) is 4.83. The molecule has 4 nitrogen and oxygen atoms in total. The van der Waals surface area contributed by atoms with E-state index < -0.39 is 0 Å². The standard InChI is InChI=1S/C16H21BrN4/c1-9(2)14-20-15(18-5)11(4)16(21-14)19-13-7-6-10(3)8-12(13)17/h6-9H,1-5H3,(H2,18,19,20,21). The molecule has 0 spiro atoms. The van der Waals surface area contributed by atoms with Gasteiger partial charge >= 0.3 is 0 Å². The third-order valence-electron chi connectivity index (χ3n) is 3.29. The van der Waals surface area contributed by atoms with Crippen molar-refractivity contribution < 1.29 is 0 Å². The number of aryl methyl sites for hydroxylation is 1. The van der Waals surface area contributed by atoms with Crippen LogP contribution in [0.25, 0.3) is 0 Å². The molecule has 0 saturated heterocycles. The summed E-state index contributed by atoms with van der Waals surface area (Å²) in [6.07, 6.45) is 0. The lowest BCUT2D eigenvalue weighted by Gasteiger charge is -2.16. The van der Waals surface area contributed by atoms with Crippen molar-refractivity contribution in [1.82, 2.24) is 9.97 Å². The number of hydrogen-bond acceptors (Lipinski definition) is 4. The molecule has 0 atom stereocenters. The van der Waals surface area contributed by atoms with E-state index in [0.717, 1.165) is 33.2 Å². The molecule has 0 radical (unpaired) electrons. The number of rotatable bonds is 4. The average molecular weight is 349 g/mol. The Morgan fingerprint density at radius 3 is 2.33 bits per heavy atom. The zero-order valence-corrected chi connectivity index (χ0v) is 14.7. The van der Waals surface area contributed by atoms with Gasteiger partial charge in [0, 0.05) is 23.0 Å². The van der Waals surface area contributed by atoms with Crippen LogP contribution in [0.1, 0.15) is 36.7 Å². The molecule has 0 aliphatic rings. The Bertz CT molecular complexity index is 653. The van der Waals surface area contributed by atoms with E-state index in [-0.39, 0.29) is 5.92 Å². The third kappa shape index (κ3) is 3.53. The molecular formula is C16H21BrN4. The van der Waals surface area contributed by atoms with E-state index in [0.29, 0.717) is 0 Å². The summed E-state index contributed by atoms with van der Waals surface area (Å²) in [5, 5.41) is 6.54. The lowest BCUT2D eigenvalue weighted by molar-refractivity contribution is 0.775. The number of halogens is 1. The maximum absolute atomic E-state index is 4.66. The second-order valence-electron chi connectivity index (χ2n) is 5.42. The zero-order chi connectivity index (χ0) is 15.6. The van der Waals surface area contributed by atoms with Gasteiger partial charge in [0.15, 0.2) is 0 Å². The van der Waals surface area contributed by atoms with Crippen molar-refractivity contribution in [2.45, 2.75) is 33.6 Å². The van der Waals surface area contributed by atoms with Gasteiger partial charge in [0.25, 0.3) is 0 Å². The third-order valence-corrected chi connectivity index (χ3v) is 3.95. The highest BCUT2D eigenvalue weighted by Crippen LogP contribution is 2.30. The molecule has 112 valence electrons. The van der Waals surface area contributed by atoms with E-state index in [1.807, 2.05) is 14.0 Å². The minimum atomic E-state index is 0.278. The fourth-order valence-electron chi connectivity index (χ4n) is 2.01. The molecular weight excluding hydrogens is 328 g/mol. The molecule has 1 aromatic carbocycles. The largest absolute Gasteiger partial charge is 0.373 e. The smallest absolute Gasteiger partial charge is 0.139 e. The molecule has 2 N–H and O–H groups in total. The van der Waals surface area contributed by atoms with E-state index in [2.05, 4.69) is 75.5 Å². The Morgan fingerprint density at radius 2 is 1.76 bits per heavy atom. The Hall–Kier alpha value is -1.62. The summed E-state index contributed by atoms with van der Waals surface area (Å²) in [6, 6.07) is 6.21. The van der Waals surface area contributed by atoms with E-state index in [4.69, 9.17) is 0 Å². The van der Waals surface area contributed by atoms with Crippen molar-refractivity contribution in [3.8, 4) is 0 Å². The van der Waals surface area contributed by atoms with Gasteiger partial charge in [-0.1, -0.05) is 19.9 Å². The van der Waals surface area contributed by atoms with E-state index in [1.165, 1.54) is 5.56 Å². The van der Waals surface area contributed by atoms with Crippen molar-refractivity contribution in [2.24, 2.45) is 0 Å².